The number of hydrogen-bond acceptors (Lipinski definition) is 2. The van der Waals surface area contributed by atoms with Crippen molar-refractivity contribution in [2.75, 3.05) is 0 Å². The van der Waals surface area contributed by atoms with Gasteiger partial charge < -0.3 is 13.9 Å². The normalized spacial score (nSPS) is 14.0. The van der Waals surface area contributed by atoms with Gasteiger partial charge in [0.2, 0.25) is 0 Å². The van der Waals surface area contributed by atoms with Gasteiger partial charge in [-0.15, -0.1) is 29.7 Å². The Labute approximate surface area is 458 Å². The summed E-state index contributed by atoms with van der Waals surface area (Å²) in [6.45, 7) is 14.8. The average Bonchev–Trinajstić information content (AvgIpc) is 4.05. The van der Waals surface area contributed by atoms with Gasteiger partial charge in [-0.2, -0.15) is 18.2 Å². The zero-order chi connectivity index (χ0) is 55.7. The number of nitrogens with zero attached hydrogens (tertiary/aromatic N) is 4. The van der Waals surface area contributed by atoms with Crippen LogP contribution in [0.25, 0.3) is 94.5 Å². The van der Waals surface area contributed by atoms with E-state index in [4.69, 9.17) is 17.9 Å². The van der Waals surface area contributed by atoms with Gasteiger partial charge in [-0.05, 0) is 138 Å². The van der Waals surface area contributed by atoms with Gasteiger partial charge in [0, 0.05) is 52.5 Å². The minimum Gasteiger partial charge on any atom is -0.510 e. The molecule has 0 N–H and O–H groups in total. The first kappa shape index (κ1) is 42.1. The molecule has 1 aliphatic rings. The maximum Gasteiger partial charge on any atom is 0.268 e. The Kier molecular flexibility index (Phi) is 10.2. The van der Waals surface area contributed by atoms with Crippen LogP contribution in [0.5, 0.6) is 11.5 Å². The molecular formula is C68H60N4OPt-2. The van der Waals surface area contributed by atoms with Crippen molar-refractivity contribution in [3.8, 4) is 73.2 Å². The molecule has 0 spiro atoms. The van der Waals surface area contributed by atoms with Gasteiger partial charge in [0.1, 0.15) is 5.82 Å². The Morgan fingerprint density at radius 1 is 0.541 bits per heavy atom. The third-order valence-electron chi connectivity index (χ3n) is 14.5. The average molecular weight is 1150 g/mol. The summed E-state index contributed by atoms with van der Waals surface area (Å²) in [6, 6.07) is 59.4. The van der Waals surface area contributed by atoms with Crippen LogP contribution in [0.3, 0.4) is 0 Å². The largest absolute Gasteiger partial charge is 0.510 e. The van der Waals surface area contributed by atoms with E-state index in [1.807, 2.05) is 71.4 Å². The Morgan fingerprint density at radius 3 is 1.85 bits per heavy atom. The summed E-state index contributed by atoms with van der Waals surface area (Å²) in [5.74, 6) is 1.68. The third-order valence-corrected chi connectivity index (χ3v) is 14.5. The van der Waals surface area contributed by atoms with Crippen LogP contribution in [0.1, 0.15) is 98.4 Å². The Morgan fingerprint density at radius 2 is 1.18 bits per heavy atom. The molecule has 0 radical (unpaired) electrons. The number of ether oxygens (including phenoxy) is 1. The van der Waals surface area contributed by atoms with E-state index in [0.717, 1.165) is 83.3 Å². The van der Waals surface area contributed by atoms with E-state index in [0.29, 0.717) is 28.3 Å². The Bertz CT molecular complexity index is 4240. The van der Waals surface area contributed by atoms with E-state index in [2.05, 4.69) is 169 Å². The summed E-state index contributed by atoms with van der Waals surface area (Å²) in [6.07, 6.45) is 5.74. The second-order valence-electron chi connectivity index (χ2n) is 22.5. The van der Waals surface area contributed by atoms with Crippen LogP contribution in [-0.4, -0.2) is 14.1 Å². The predicted octanol–water partition coefficient (Wildman–Crippen LogP) is 17.1. The van der Waals surface area contributed by atoms with Crippen molar-refractivity contribution < 1.29 is 38.6 Å². The van der Waals surface area contributed by atoms with Gasteiger partial charge in [0.25, 0.3) is 6.33 Å². The monoisotopic (exact) mass is 1150 g/mol. The fourth-order valence-corrected chi connectivity index (χ4v) is 10.7. The molecule has 0 amide bonds. The summed E-state index contributed by atoms with van der Waals surface area (Å²) in [5.41, 5.74) is 13.8. The topological polar surface area (TPSA) is 35.9 Å². The second kappa shape index (κ2) is 18.0. The van der Waals surface area contributed by atoms with Crippen molar-refractivity contribution in [1.82, 2.24) is 14.1 Å². The van der Waals surface area contributed by atoms with Crippen LogP contribution in [-0.2, 0) is 37.3 Å². The van der Waals surface area contributed by atoms with E-state index in [-0.39, 0.29) is 54.0 Å². The number of aryl methyl sites for hydroxylation is 2. The molecule has 3 aromatic heterocycles. The molecule has 74 heavy (non-hydrogen) atoms. The molecule has 0 fully saturated rings. The van der Waals surface area contributed by atoms with Gasteiger partial charge >= 0.3 is 0 Å². The molecule has 4 heterocycles. The van der Waals surface area contributed by atoms with Crippen LogP contribution < -0.4 is 9.30 Å². The van der Waals surface area contributed by atoms with E-state index in [1.165, 1.54) is 23.8 Å². The van der Waals surface area contributed by atoms with Crippen molar-refractivity contribution in [2.45, 2.75) is 92.3 Å². The Balaban J connectivity index is 0.00000675. The first-order valence-electron chi connectivity index (χ1n) is 28.0. The first-order valence-corrected chi connectivity index (χ1v) is 25.0. The molecular weight excluding hydrogens is 1080 g/mol. The molecule has 11 aromatic rings. The standard InChI is InChI=1S/C68H60N4O.Pt/c1-42-20-18-21-43(2)63(42)44-34-56-52-26-14-12-24-50(52)51-25-13-15-27-53(51)57-36-46(67(6,7)8)37-58(68(9,10)11)64(57)71-41-70(61(35-44)65(56)71)47-22-19-23-48(39-47)73-49-30-31-55-54-28-16-17-29-59(54)72(60(55)40-49)62-38-45(32-33-69-62)66(3,4)5;/h12-38H,1-11H3;/q-2;/i1D3,2D3;. The van der Waals surface area contributed by atoms with Crippen LogP contribution in [0.15, 0.2) is 164 Å². The smallest absolute Gasteiger partial charge is 0.268 e. The van der Waals surface area contributed by atoms with Crippen molar-refractivity contribution in [3.05, 3.63) is 210 Å². The molecule has 0 unspecified atom stereocenters. The van der Waals surface area contributed by atoms with Crippen molar-refractivity contribution in [1.29, 1.82) is 0 Å². The number of rotatable bonds is 5. The molecule has 370 valence electrons. The van der Waals surface area contributed by atoms with Crippen LogP contribution in [0, 0.1) is 32.2 Å². The van der Waals surface area contributed by atoms with Crippen LogP contribution in [0.4, 0.5) is 0 Å². The molecule has 12 rings (SSSR count). The molecule has 0 saturated heterocycles. The summed E-state index contributed by atoms with van der Waals surface area (Å²) < 4.78 is 66.0. The van der Waals surface area contributed by atoms with Crippen LogP contribution in [0.2, 0.25) is 0 Å². The predicted molar refractivity (Wildman–Crippen MR) is 301 cm³/mol. The minimum atomic E-state index is -2.65. The zero-order valence-electron chi connectivity index (χ0n) is 49.1. The second-order valence-corrected chi connectivity index (χ2v) is 22.5. The Hall–Kier alpha value is -7.33. The molecule has 6 heteroatoms. The van der Waals surface area contributed by atoms with Crippen molar-refractivity contribution in [3.63, 3.8) is 0 Å². The van der Waals surface area contributed by atoms with Crippen molar-refractivity contribution in [2.24, 2.45) is 0 Å². The number of pyridine rings is 1. The van der Waals surface area contributed by atoms with E-state index >= 15 is 0 Å². The number of fused-ring (bicyclic) bond motifs is 10. The van der Waals surface area contributed by atoms with Crippen LogP contribution >= 0.6 is 0 Å². The fraction of sp³-hybridized carbons (Fsp3) is 0.206. The number of para-hydroxylation sites is 1. The van der Waals surface area contributed by atoms with Crippen molar-refractivity contribution >= 4 is 32.8 Å². The summed E-state index contributed by atoms with van der Waals surface area (Å²) in [4.78, 5) is 4.88. The SMILES string of the molecule is [2H]C([2H])([2H])c1cccc(C([2H])([2H])[2H])c1-c1cc2c3c(c1)n(-c1[c-]c(Oc4[c-]c5c(cc4)c4ccccc4n5-c4cc(C(C)(C)C)ccn4)ccc1)[c-][n+]3-c1c(cc(C(C)(C)C)cc1C(C)(C)C)-c1ccccc1-c1ccccc1-2.[Pt]. The number of imidazole rings is 1. The van der Waals surface area contributed by atoms with E-state index in [1.54, 1.807) is 0 Å². The molecule has 5 nitrogen and oxygen atoms in total. The van der Waals surface area contributed by atoms with Gasteiger partial charge in [0.05, 0.1) is 16.7 Å². The van der Waals surface area contributed by atoms with Gasteiger partial charge in [-0.3, -0.25) is 4.57 Å². The number of benzene rings is 8. The van der Waals surface area contributed by atoms with Gasteiger partial charge in [-0.25, -0.2) is 4.98 Å². The van der Waals surface area contributed by atoms with Gasteiger partial charge in [-0.1, -0.05) is 171 Å². The van der Waals surface area contributed by atoms with Gasteiger partial charge in [0.15, 0.2) is 0 Å². The molecule has 0 saturated carbocycles. The summed E-state index contributed by atoms with van der Waals surface area (Å²) in [7, 11) is 0. The molecule has 0 aliphatic carbocycles. The first-order chi connectivity index (χ1) is 37.3. The molecule has 1 aliphatic heterocycles. The van der Waals surface area contributed by atoms with E-state index < -0.39 is 13.7 Å². The van der Waals surface area contributed by atoms with E-state index in [9.17, 15) is 0 Å². The molecule has 0 atom stereocenters. The molecule has 8 aromatic carbocycles. The fourth-order valence-electron chi connectivity index (χ4n) is 10.7. The summed E-state index contributed by atoms with van der Waals surface area (Å²) in [5, 5.41) is 2.08. The maximum atomic E-state index is 8.82. The third kappa shape index (κ3) is 8.21. The zero-order valence-corrected chi connectivity index (χ0v) is 45.4. The number of hydrogen-bond donors (Lipinski definition) is 0. The quantitative estimate of drug-likeness (QED) is 0.127. The summed E-state index contributed by atoms with van der Waals surface area (Å²) >= 11 is 0. The number of aromatic nitrogens is 4. The molecule has 0 bridgehead atoms. The minimum absolute atomic E-state index is 0. The maximum absolute atomic E-state index is 8.82.